The molecule has 1 atom stereocenters. The van der Waals surface area contributed by atoms with Crippen LogP contribution in [0.2, 0.25) is 0 Å². The van der Waals surface area contributed by atoms with E-state index in [1.165, 1.54) is 6.92 Å². The molecular weight excluding hydrogens is 232 g/mol. The first kappa shape index (κ1) is 12.7. The highest BCUT2D eigenvalue weighted by Crippen LogP contribution is 2.40. The summed E-state index contributed by atoms with van der Waals surface area (Å²) in [7, 11) is 0. The molecule has 0 N–H and O–H groups in total. The molecule has 1 aliphatic carbocycles. The predicted molar refractivity (Wildman–Crippen MR) is 64.6 cm³/mol. The Bertz CT molecular complexity index is 310. The van der Waals surface area contributed by atoms with Gasteiger partial charge < -0.3 is 4.74 Å². The summed E-state index contributed by atoms with van der Waals surface area (Å²) in [6.45, 7) is 5.48. The fourth-order valence-electron chi connectivity index (χ4n) is 1.19. The Morgan fingerprint density at radius 2 is 2.27 bits per heavy atom. The van der Waals surface area contributed by atoms with Crippen LogP contribution in [-0.4, -0.2) is 16.3 Å². The zero-order chi connectivity index (χ0) is 11.5. The fraction of sp³-hybridized carbons (Fsp3) is 0.455. The normalized spacial score (nSPS) is 25.3. The van der Waals surface area contributed by atoms with E-state index >= 15 is 0 Å². The van der Waals surface area contributed by atoms with E-state index in [1.807, 2.05) is 12.5 Å². The Balaban J connectivity index is 2.82. The minimum atomic E-state index is -1.12. The molecule has 2 nitrogen and oxygen atoms in total. The largest absolute Gasteiger partial charge is 0.435 e. The maximum atomic E-state index is 11.0. The van der Waals surface area contributed by atoms with Crippen molar-refractivity contribution in [3.63, 3.8) is 0 Å². The van der Waals surface area contributed by atoms with Crippen molar-refractivity contribution in [2.45, 2.75) is 31.1 Å². The van der Waals surface area contributed by atoms with Gasteiger partial charge in [0, 0.05) is 23.5 Å². The standard InChI is InChI=1S/C11H14ClO2S/c1-8(2)15-10-6-4-5-7-11(10,12)14-9(3)13/h4-8H,1-3H3. The number of allylic oxidation sites excluding steroid dienone is 2. The number of carbonyl (C=O) groups is 1. The Kier molecular flexibility index (Phi) is 4.29. The second-order valence-corrected chi connectivity index (χ2v) is 5.67. The van der Waals surface area contributed by atoms with Gasteiger partial charge >= 0.3 is 5.97 Å². The van der Waals surface area contributed by atoms with Crippen LogP contribution in [0.15, 0.2) is 23.1 Å². The molecule has 0 aliphatic heterocycles. The average molecular weight is 246 g/mol. The van der Waals surface area contributed by atoms with Gasteiger partial charge in [0.25, 0.3) is 0 Å². The molecule has 0 spiro atoms. The third-order valence-electron chi connectivity index (χ3n) is 1.66. The number of hydrogen-bond acceptors (Lipinski definition) is 3. The summed E-state index contributed by atoms with van der Waals surface area (Å²) in [6, 6.07) is 0. The number of alkyl halides is 1. The summed E-state index contributed by atoms with van der Waals surface area (Å²) in [5.74, 6) is -0.383. The Morgan fingerprint density at radius 3 is 2.80 bits per heavy atom. The van der Waals surface area contributed by atoms with Crippen LogP contribution in [-0.2, 0) is 9.53 Å². The van der Waals surface area contributed by atoms with Gasteiger partial charge in [-0.3, -0.25) is 4.79 Å². The van der Waals surface area contributed by atoms with Crippen molar-refractivity contribution < 1.29 is 9.53 Å². The molecule has 0 bridgehead atoms. The first-order valence-corrected chi connectivity index (χ1v) is 5.98. The molecule has 0 saturated carbocycles. The average Bonchev–Trinajstić information content (AvgIpc) is 2.07. The van der Waals surface area contributed by atoms with Gasteiger partial charge in [0.2, 0.25) is 5.06 Å². The third kappa shape index (κ3) is 3.58. The smallest absolute Gasteiger partial charge is 0.304 e. The minimum absolute atomic E-state index is 0.383. The first-order chi connectivity index (χ1) is 6.94. The Morgan fingerprint density at radius 1 is 1.60 bits per heavy atom. The van der Waals surface area contributed by atoms with E-state index in [0.717, 1.165) is 4.91 Å². The topological polar surface area (TPSA) is 26.3 Å². The summed E-state index contributed by atoms with van der Waals surface area (Å²) in [6.07, 6.45) is 7.22. The Labute approximate surface area is 99.7 Å². The molecule has 1 aliphatic rings. The Hall–Kier alpha value is -0.410. The zero-order valence-corrected chi connectivity index (χ0v) is 10.6. The van der Waals surface area contributed by atoms with Gasteiger partial charge in [0.15, 0.2) is 0 Å². The van der Waals surface area contributed by atoms with E-state index in [1.54, 1.807) is 23.9 Å². The van der Waals surface area contributed by atoms with Crippen molar-refractivity contribution in [3.8, 4) is 0 Å². The van der Waals surface area contributed by atoms with Gasteiger partial charge in [0.1, 0.15) is 0 Å². The molecule has 0 aromatic carbocycles. The second kappa shape index (κ2) is 5.08. The van der Waals surface area contributed by atoms with E-state index in [0.29, 0.717) is 5.25 Å². The molecule has 1 unspecified atom stereocenters. The number of hydrogen-bond donors (Lipinski definition) is 0. The molecule has 0 heterocycles. The van der Waals surface area contributed by atoms with E-state index in [9.17, 15) is 4.79 Å². The van der Waals surface area contributed by atoms with Crippen molar-refractivity contribution in [3.05, 3.63) is 29.6 Å². The van der Waals surface area contributed by atoms with Gasteiger partial charge in [-0.1, -0.05) is 37.6 Å². The monoisotopic (exact) mass is 245 g/mol. The first-order valence-electron chi connectivity index (χ1n) is 4.72. The van der Waals surface area contributed by atoms with Gasteiger partial charge in [-0.2, -0.15) is 0 Å². The van der Waals surface area contributed by atoms with Crippen LogP contribution in [0.25, 0.3) is 0 Å². The number of carbonyl (C=O) groups excluding carboxylic acids is 1. The molecule has 0 aromatic heterocycles. The third-order valence-corrected chi connectivity index (χ3v) is 3.34. The summed E-state index contributed by atoms with van der Waals surface area (Å²) in [5.41, 5.74) is 0. The van der Waals surface area contributed by atoms with Crippen LogP contribution in [0.1, 0.15) is 20.8 Å². The highest BCUT2D eigenvalue weighted by Gasteiger charge is 2.34. The lowest BCUT2D eigenvalue weighted by molar-refractivity contribution is -0.144. The van der Waals surface area contributed by atoms with E-state index < -0.39 is 5.06 Å². The van der Waals surface area contributed by atoms with E-state index in [4.69, 9.17) is 16.3 Å². The van der Waals surface area contributed by atoms with Gasteiger partial charge in [-0.25, -0.2) is 0 Å². The van der Waals surface area contributed by atoms with E-state index in [-0.39, 0.29) is 5.97 Å². The molecule has 1 rings (SSSR count). The fourth-order valence-corrected chi connectivity index (χ4v) is 2.50. The van der Waals surface area contributed by atoms with Crippen LogP contribution in [0.4, 0.5) is 0 Å². The predicted octanol–water partition coefficient (Wildman–Crippen LogP) is 3.28. The quantitative estimate of drug-likeness (QED) is 0.564. The number of esters is 1. The van der Waals surface area contributed by atoms with Crippen LogP contribution in [0.3, 0.4) is 0 Å². The minimum Gasteiger partial charge on any atom is -0.435 e. The van der Waals surface area contributed by atoms with Crippen molar-refractivity contribution in [2.75, 3.05) is 0 Å². The highest BCUT2D eigenvalue weighted by atomic mass is 35.5. The summed E-state index contributed by atoms with van der Waals surface area (Å²) < 4.78 is 5.12. The lowest BCUT2D eigenvalue weighted by atomic mass is 10.1. The molecule has 83 valence electrons. The van der Waals surface area contributed by atoms with Gasteiger partial charge in [-0.05, 0) is 6.08 Å². The summed E-state index contributed by atoms with van der Waals surface area (Å²) in [5, 5.41) is -0.722. The van der Waals surface area contributed by atoms with Crippen molar-refractivity contribution in [1.82, 2.24) is 0 Å². The SMILES string of the molecule is CC(=O)OC1(Cl)C=C[CH]C=C1SC(C)C. The number of ether oxygens (including phenoxy) is 1. The van der Waals surface area contributed by atoms with Crippen LogP contribution >= 0.6 is 23.4 Å². The molecule has 4 heteroatoms. The molecule has 15 heavy (non-hydrogen) atoms. The number of thioether (sulfide) groups is 1. The summed E-state index contributed by atoms with van der Waals surface area (Å²) >= 11 is 7.83. The maximum Gasteiger partial charge on any atom is 0.304 e. The zero-order valence-electron chi connectivity index (χ0n) is 8.99. The highest BCUT2D eigenvalue weighted by molar-refractivity contribution is 8.03. The molecule has 1 radical (unpaired) electrons. The molecule has 0 fully saturated rings. The van der Waals surface area contributed by atoms with Gasteiger partial charge in [-0.15, -0.1) is 11.8 Å². The second-order valence-electron chi connectivity index (χ2n) is 3.49. The lowest BCUT2D eigenvalue weighted by Crippen LogP contribution is -2.28. The van der Waals surface area contributed by atoms with Gasteiger partial charge in [0.05, 0.1) is 0 Å². The van der Waals surface area contributed by atoms with Crippen LogP contribution in [0, 0.1) is 6.42 Å². The maximum absolute atomic E-state index is 11.0. The van der Waals surface area contributed by atoms with Crippen LogP contribution in [0.5, 0.6) is 0 Å². The molecular formula is C11H14ClO2S. The van der Waals surface area contributed by atoms with Crippen molar-refractivity contribution >= 4 is 29.3 Å². The van der Waals surface area contributed by atoms with Crippen molar-refractivity contribution in [1.29, 1.82) is 0 Å². The molecule has 0 saturated heterocycles. The number of rotatable bonds is 3. The van der Waals surface area contributed by atoms with E-state index in [2.05, 4.69) is 13.8 Å². The number of halogens is 1. The summed E-state index contributed by atoms with van der Waals surface area (Å²) in [4.78, 5) is 11.8. The van der Waals surface area contributed by atoms with Crippen LogP contribution < -0.4 is 0 Å². The van der Waals surface area contributed by atoms with Crippen molar-refractivity contribution in [2.24, 2.45) is 0 Å². The molecule has 0 aromatic rings. The lowest BCUT2D eigenvalue weighted by Gasteiger charge is -2.28. The molecule has 0 amide bonds.